The molecule has 2 amide bonds. The van der Waals surface area contributed by atoms with Crippen molar-refractivity contribution in [3.63, 3.8) is 0 Å². The second kappa shape index (κ2) is 12.2. The fourth-order valence-electron chi connectivity index (χ4n) is 2.96. The maximum atomic E-state index is 12.9. The molecule has 0 fully saturated rings. The van der Waals surface area contributed by atoms with Gasteiger partial charge in [0.1, 0.15) is 6.04 Å². The monoisotopic (exact) mass is 398 g/mol. The molecule has 0 aliphatic rings. The second-order valence-electron chi connectivity index (χ2n) is 6.68. The SMILES string of the molecule is CCNC(=O)[C@@H](C)N(CCc1ccccc1)C(=O)CCSCc1ccccc1. The first-order valence-electron chi connectivity index (χ1n) is 9.84. The van der Waals surface area contributed by atoms with E-state index in [-0.39, 0.29) is 11.8 Å². The average molecular weight is 399 g/mol. The van der Waals surface area contributed by atoms with Gasteiger partial charge in [-0.2, -0.15) is 11.8 Å². The minimum Gasteiger partial charge on any atom is -0.355 e. The van der Waals surface area contributed by atoms with Crippen LogP contribution < -0.4 is 5.32 Å². The highest BCUT2D eigenvalue weighted by Gasteiger charge is 2.24. The summed E-state index contributed by atoms with van der Waals surface area (Å²) in [6, 6.07) is 19.9. The summed E-state index contributed by atoms with van der Waals surface area (Å²) < 4.78 is 0. The van der Waals surface area contributed by atoms with Gasteiger partial charge in [-0.15, -0.1) is 0 Å². The van der Waals surface area contributed by atoms with Crippen LogP contribution in [0.1, 0.15) is 31.4 Å². The van der Waals surface area contributed by atoms with E-state index in [9.17, 15) is 9.59 Å². The van der Waals surface area contributed by atoms with E-state index in [1.54, 1.807) is 16.7 Å². The fourth-order valence-corrected chi connectivity index (χ4v) is 3.85. The minimum absolute atomic E-state index is 0.0373. The van der Waals surface area contributed by atoms with Crippen molar-refractivity contribution in [2.45, 2.75) is 38.5 Å². The number of amides is 2. The highest BCUT2D eigenvalue weighted by molar-refractivity contribution is 7.98. The van der Waals surface area contributed by atoms with Crippen LogP contribution in [0.4, 0.5) is 0 Å². The molecule has 0 aromatic heterocycles. The molecule has 0 spiro atoms. The second-order valence-corrected chi connectivity index (χ2v) is 7.79. The van der Waals surface area contributed by atoms with Crippen LogP contribution >= 0.6 is 11.8 Å². The van der Waals surface area contributed by atoms with E-state index in [1.807, 2.05) is 50.2 Å². The third kappa shape index (κ3) is 7.39. The summed E-state index contributed by atoms with van der Waals surface area (Å²) in [5.41, 5.74) is 2.43. The largest absolute Gasteiger partial charge is 0.355 e. The smallest absolute Gasteiger partial charge is 0.242 e. The van der Waals surface area contributed by atoms with Gasteiger partial charge in [0.15, 0.2) is 0 Å². The van der Waals surface area contributed by atoms with E-state index >= 15 is 0 Å². The minimum atomic E-state index is -0.463. The van der Waals surface area contributed by atoms with Gasteiger partial charge in [0.05, 0.1) is 0 Å². The molecule has 0 unspecified atom stereocenters. The van der Waals surface area contributed by atoms with Crippen molar-refractivity contribution < 1.29 is 9.59 Å². The molecule has 0 aliphatic carbocycles. The number of thioether (sulfide) groups is 1. The topological polar surface area (TPSA) is 49.4 Å². The normalized spacial score (nSPS) is 11.6. The van der Waals surface area contributed by atoms with Crippen molar-refractivity contribution in [1.82, 2.24) is 10.2 Å². The first-order chi connectivity index (χ1) is 13.6. The van der Waals surface area contributed by atoms with Crippen LogP contribution in [-0.2, 0) is 21.8 Å². The lowest BCUT2D eigenvalue weighted by atomic mass is 10.1. The zero-order valence-electron chi connectivity index (χ0n) is 16.8. The van der Waals surface area contributed by atoms with Gasteiger partial charge in [-0.3, -0.25) is 9.59 Å². The summed E-state index contributed by atoms with van der Waals surface area (Å²) in [6.45, 7) is 4.81. The van der Waals surface area contributed by atoms with Crippen LogP contribution in [0.2, 0.25) is 0 Å². The lowest BCUT2D eigenvalue weighted by molar-refractivity contribution is -0.139. The summed E-state index contributed by atoms with van der Waals surface area (Å²) in [6.07, 6.45) is 1.18. The van der Waals surface area contributed by atoms with Crippen LogP contribution in [-0.4, -0.2) is 41.6 Å². The van der Waals surface area contributed by atoms with E-state index < -0.39 is 6.04 Å². The molecule has 0 heterocycles. The molecule has 0 radical (unpaired) electrons. The van der Waals surface area contributed by atoms with Gasteiger partial charge in [-0.1, -0.05) is 60.7 Å². The van der Waals surface area contributed by atoms with Crippen molar-refractivity contribution in [3.05, 3.63) is 71.8 Å². The van der Waals surface area contributed by atoms with Crippen molar-refractivity contribution in [1.29, 1.82) is 0 Å². The summed E-state index contributed by atoms with van der Waals surface area (Å²) >= 11 is 1.75. The molecule has 0 bridgehead atoms. The summed E-state index contributed by atoms with van der Waals surface area (Å²) in [5.74, 6) is 1.58. The Kier molecular flexibility index (Phi) is 9.63. The van der Waals surface area contributed by atoms with E-state index in [2.05, 4.69) is 29.6 Å². The zero-order valence-corrected chi connectivity index (χ0v) is 17.6. The third-order valence-corrected chi connectivity index (χ3v) is 5.60. The Balaban J connectivity index is 1.90. The Bertz CT molecular complexity index is 722. The summed E-state index contributed by atoms with van der Waals surface area (Å²) in [5, 5.41) is 2.83. The van der Waals surface area contributed by atoms with Crippen molar-refractivity contribution in [3.8, 4) is 0 Å². The molecule has 1 atom stereocenters. The molecular formula is C23H30N2O2S. The number of carbonyl (C=O) groups excluding carboxylic acids is 2. The predicted molar refractivity (Wildman–Crippen MR) is 117 cm³/mol. The van der Waals surface area contributed by atoms with Crippen molar-refractivity contribution >= 4 is 23.6 Å². The van der Waals surface area contributed by atoms with Crippen LogP contribution in [0.5, 0.6) is 0 Å². The number of rotatable bonds is 11. The number of hydrogen-bond donors (Lipinski definition) is 1. The number of nitrogens with one attached hydrogen (secondary N) is 1. The van der Waals surface area contributed by atoms with Gasteiger partial charge < -0.3 is 10.2 Å². The maximum Gasteiger partial charge on any atom is 0.242 e. The molecule has 5 heteroatoms. The maximum absolute atomic E-state index is 12.9. The number of benzene rings is 2. The van der Waals surface area contributed by atoms with Gasteiger partial charge in [0.2, 0.25) is 11.8 Å². The summed E-state index contributed by atoms with van der Waals surface area (Å²) in [7, 11) is 0. The third-order valence-electron chi connectivity index (χ3n) is 4.57. The molecule has 0 saturated heterocycles. The molecule has 1 N–H and O–H groups in total. The molecule has 2 rings (SSSR count). The van der Waals surface area contributed by atoms with Gasteiger partial charge in [0.25, 0.3) is 0 Å². The number of carbonyl (C=O) groups is 2. The first kappa shape index (κ1) is 22.0. The highest BCUT2D eigenvalue weighted by atomic mass is 32.2. The van der Waals surface area contributed by atoms with Gasteiger partial charge >= 0.3 is 0 Å². The number of nitrogens with zero attached hydrogens (tertiary/aromatic N) is 1. The quantitative estimate of drug-likeness (QED) is 0.584. The van der Waals surface area contributed by atoms with Crippen molar-refractivity contribution in [2.24, 2.45) is 0 Å². The van der Waals surface area contributed by atoms with Gasteiger partial charge in [0, 0.05) is 31.0 Å². The Morgan fingerprint density at radius 3 is 2.21 bits per heavy atom. The number of likely N-dealkylation sites (N-methyl/N-ethyl adjacent to an activating group) is 1. The van der Waals surface area contributed by atoms with E-state index in [4.69, 9.17) is 0 Å². The Morgan fingerprint density at radius 1 is 1.00 bits per heavy atom. The lowest BCUT2D eigenvalue weighted by Crippen LogP contribution is -2.48. The number of hydrogen-bond acceptors (Lipinski definition) is 3. The van der Waals surface area contributed by atoms with Gasteiger partial charge in [-0.05, 0) is 31.4 Å². The van der Waals surface area contributed by atoms with E-state index in [0.29, 0.717) is 19.5 Å². The molecule has 4 nitrogen and oxygen atoms in total. The van der Waals surface area contributed by atoms with Crippen LogP contribution in [0.25, 0.3) is 0 Å². The Hall–Kier alpha value is -2.27. The van der Waals surface area contributed by atoms with Crippen LogP contribution in [0, 0.1) is 0 Å². The molecule has 150 valence electrons. The van der Waals surface area contributed by atoms with E-state index in [0.717, 1.165) is 17.9 Å². The zero-order chi connectivity index (χ0) is 20.2. The lowest BCUT2D eigenvalue weighted by Gasteiger charge is -2.28. The van der Waals surface area contributed by atoms with Crippen LogP contribution in [0.15, 0.2) is 60.7 Å². The average Bonchev–Trinajstić information content (AvgIpc) is 2.73. The first-order valence-corrected chi connectivity index (χ1v) is 11.0. The van der Waals surface area contributed by atoms with Crippen molar-refractivity contribution in [2.75, 3.05) is 18.8 Å². The van der Waals surface area contributed by atoms with E-state index in [1.165, 1.54) is 11.1 Å². The molecule has 2 aromatic rings. The van der Waals surface area contributed by atoms with Gasteiger partial charge in [-0.25, -0.2) is 0 Å². The highest BCUT2D eigenvalue weighted by Crippen LogP contribution is 2.14. The molecule has 0 aliphatic heterocycles. The molecular weight excluding hydrogens is 368 g/mol. The predicted octanol–water partition coefficient (Wildman–Crippen LogP) is 3.91. The molecule has 2 aromatic carbocycles. The Morgan fingerprint density at radius 2 is 1.61 bits per heavy atom. The van der Waals surface area contributed by atoms with Crippen LogP contribution in [0.3, 0.4) is 0 Å². The molecule has 0 saturated carbocycles. The standard InChI is InChI=1S/C23H30N2O2S/c1-3-24-23(27)19(2)25(16-14-20-10-6-4-7-11-20)22(26)15-17-28-18-21-12-8-5-9-13-21/h4-13,19H,3,14-18H2,1-2H3,(H,24,27)/t19-/m1/s1. The summed E-state index contributed by atoms with van der Waals surface area (Å²) in [4.78, 5) is 26.9. The molecule has 28 heavy (non-hydrogen) atoms. The fraction of sp³-hybridized carbons (Fsp3) is 0.391. The Labute approximate surface area is 172 Å².